The molecular formula is C25H34N4O10. The highest BCUT2D eigenvalue weighted by Crippen LogP contribution is 2.19. The Kier molecular flexibility index (Phi) is 13.1. The molecule has 214 valence electrons. The van der Waals surface area contributed by atoms with Gasteiger partial charge in [-0.1, -0.05) is 26.3 Å². The summed E-state index contributed by atoms with van der Waals surface area (Å²) < 4.78 is 0. The minimum atomic E-state index is -1.80. The molecular weight excluding hydrogens is 516 g/mol. The van der Waals surface area contributed by atoms with Crippen LogP contribution in [0.5, 0.6) is 0 Å². The van der Waals surface area contributed by atoms with Crippen molar-refractivity contribution in [1.29, 1.82) is 0 Å². The van der Waals surface area contributed by atoms with Crippen LogP contribution in [0.2, 0.25) is 0 Å². The largest absolute Gasteiger partial charge is 0.480 e. The molecule has 1 aromatic rings. The molecule has 4 amide bonds. The van der Waals surface area contributed by atoms with Crippen LogP contribution in [0.1, 0.15) is 62.4 Å². The van der Waals surface area contributed by atoms with Gasteiger partial charge in [-0.25, -0.2) is 14.4 Å². The first-order valence-electron chi connectivity index (χ1n) is 12.2. The summed E-state index contributed by atoms with van der Waals surface area (Å²) in [6.07, 6.45) is 1.31. The molecule has 7 N–H and O–H groups in total. The topological polar surface area (TPSA) is 228 Å². The quantitative estimate of drug-likeness (QED) is 0.117. The van der Waals surface area contributed by atoms with E-state index in [0.717, 1.165) is 6.07 Å². The molecule has 0 saturated heterocycles. The monoisotopic (exact) mass is 550 g/mol. The van der Waals surface area contributed by atoms with Gasteiger partial charge in [0, 0.05) is 26.3 Å². The van der Waals surface area contributed by atoms with Crippen LogP contribution in [-0.4, -0.2) is 75.5 Å². The van der Waals surface area contributed by atoms with Gasteiger partial charge in [-0.15, -0.1) is 0 Å². The van der Waals surface area contributed by atoms with Crippen LogP contribution in [0.4, 0.5) is 5.69 Å². The number of amides is 4. The number of carbonyl (C=O) groups is 7. The molecule has 0 spiro atoms. The van der Waals surface area contributed by atoms with Crippen molar-refractivity contribution >= 4 is 47.2 Å². The first-order valence-corrected chi connectivity index (χ1v) is 12.2. The first kappa shape index (κ1) is 32.5. The average Bonchev–Trinajstić information content (AvgIpc) is 2.86. The summed E-state index contributed by atoms with van der Waals surface area (Å²) in [6, 6.07) is 1.67. The van der Waals surface area contributed by atoms with Crippen LogP contribution in [0, 0.1) is 5.92 Å². The molecule has 3 atom stereocenters. The fourth-order valence-corrected chi connectivity index (χ4v) is 3.54. The number of hydrogen-bond donors (Lipinski definition) is 7. The molecule has 0 aliphatic heterocycles. The summed E-state index contributed by atoms with van der Waals surface area (Å²) in [7, 11) is 0. The summed E-state index contributed by atoms with van der Waals surface area (Å²) in [5.74, 6) is -7.48. The number of aliphatic carboxylic acids is 2. The lowest BCUT2D eigenvalue weighted by atomic mass is 9.99. The highest BCUT2D eigenvalue weighted by Gasteiger charge is 2.25. The zero-order chi connectivity index (χ0) is 29.7. The van der Waals surface area contributed by atoms with E-state index >= 15 is 0 Å². The van der Waals surface area contributed by atoms with Crippen LogP contribution < -0.4 is 21.3 Å². The Hall–Kier alpha value is -4.49. The Balaban J connectivity index is 2.74. The van der Waals surface area contributed by atoms with Gasteiger partial charge in [-0.2, -0.15) is 0 Å². The molecule has 0 aliphatic rings. The van der Waals surface area contributed by atoms with E-state index in [0.29, 0.717) is 24.8 Å². The van der Waals surface area contributed by atoms with Gasteiger partial charge in [0.2, 0.25) is 17.7 Å². The van der Waals surface area contributed by atoms with Crippen LogP contribution in [0.15, 0.2) is 18.2 Å². The van der Waals surface area contributed by atoms with Crippen LogP contribution in [-0.2, 0) is 35.2 Å². The number of carboxylic acids is 3. The summed E-state index contributed by atoms with van der Waals surface area (Å²) in [6.45, 7) is 4.92. The van der Waals surface area contributed by atoms with Crippen LogP contribution >= 0.6 is 0 Å². The minimum absolute atomic E-state index is 0.0634. The maximum Gasteiger partial charge on any atom is 0.394 e. The van der Waals surface area contributed by atoms with Gasteiger partial charge in [0.05, 0.1) is 11.3 Å². The minimum Gasteiger partial charge on any atom is -0.480 e. The second-order valence-electron chi connectivity index (χ2n) is 8.92. The Morgan fingerprint density at radius 2 is 1.62 bits per heavy atom. The van der Waals surface area contributed by atoms with E-state index in [4.69, 9.17) is 5.11 Å². The van der Waals surface area contributed by atoms with Crippen molar-refractivity contribution in [3.05, 3.63) is 29.3 Å². The lowest BCUT2D eigenvalue weighted by Crippen LogP contribution is -2.47. The van der Waals surface area contributed by atoms with Gasteiger partial charge in [-0.3, -0.25) is 19.2 Å². The molecule has 0 saturated carbocycles. The lowest BCUT2D eigenvalue weighted by molar-refractivity contribution is -0.147. The number of benzene rings is 1. The van der Waals surface area contributed by atoms with E-state index in [-0.39, 0.29) is 31.0 Å². The molecule has 1 aromatic carbocycles. The molecule has 0 fully saturated rings. The van der Waals surface area contributed by atoms with Crippen LogP contribution in [0.3, 0.4) is 0 Å². The summed E-state index contributed by atoms with van der Waals surface area (Å²) in [5, 5.41) is 37.0. The standard InChI is InChI=1S/C25H34N4O10/c1-4-13(2)20(24(36)37)29-19(31)7-5-6-10-26-21(32)18(27-14(3)30)12-15-8-9-17(16(11-15)23(34)35)28-22(33)25(38)39/h8-9,11,13,18,20H,4-7,10,12H2,1-3H3,(H,26,32)(H,27,30)(H,28,33)(H,29,31)(H,34,35)(H,36,37)(H,38,39)/t13-,18+,20-/m0/s1. The van der Waals surface area contributed by atoms with Crippen molar-refractivity contribution in [3.8, 4) is 0 Å². The summed E-state index contributed by atoms with van der Waals surface area (Å²) in [4.78, 5) is 81.6. The smallest absolute Gasteiger partial charge is 0.394 e. The average molecular weight is 551 g/mol. The number of rotatable bonds is 15. The van der Waals surface area contributed by atoms with E-state index in [1.54, 1.807) is 6.92 Å². The highest BCUT2D eigenvalue weighted by atomic mass is 16.4. The van der Waals surface area contributed by atoms with E-state index in [9.17, 15) is 43.8 Å². The number of unbranched alkanes of at least 4 members (excludes halogenated alkanes) is 1. The van der Waals surface area contributed by atoms with E-state index < -0.39 is 59.2 Å². The number of nitrogens with one attached hydrogen (secondary N) is 4. The van der Waals surface area contributed by atoms with Crippen LogP contribution in [0.25, 0.3) is 0 Å². The van der Waals surface area contributed by atoms with Crippen molar-refractivity contribution in [2.45, 2.75) is 65.0 Å². The van der Waals surface area contributed by atoms with Crippen molar-refractivity contribution in [1.82, 2.24) is 16.0 Å². The van der Waals surface area contributed by atoms with Crippen molar-refractivity contribution in [3.63, 3.8) is 0 Å². The van der Waals surface area contributed by atoms with Gasteiger partial charge in [-0.05, 0) is 36.5 Å². The summed E-state index contributed by atoms with van der Waals surface area (Å²) in [5.41, 5.74) is -0.330. The molecule has 14 heteroatoms. The Bertz CT molecular complexity index is 1100. The molecule has 0 bridgehead atoms. The molecule has 39 heavy (non-hydrogen) atoms. The first-order chi connectivity index (χ1) is 18.3. The van der Waals surface area contributed by atoms with E-state index in [1.165, 1.54) is 19.1 Å². The second kappa shape index (κ2) is 15.7. The maximum atomic E-state index is 12.7. The lowest BCUT2D eigenvalue weighted by Gasteiger charge is -2.20. The zero-order valence-corrected chi connectivity index (χ0v) is 21.9. The fourth-order valence-electron chi connectivity index (χ4n) is 3.54. The SMILES string of the molecule is CC[C@H](C)[C@H](NC(=O)CCCCNC(=O)[C@@H](Cc1ccc(NC(=O)C(=O)O)c(C(=O)O)c1)NC(C)=O)C(=O)O. The van der Waals surface area contributed by atoms with Gasteiger partial charge < -0.3 is 36.6 Å². The van der Waals surface area contributed by atoms with E-state index in [2.05, 4.69) is 16.0 Å². The molecule has 0 heterocycles. The van der Waals surface area contributed by atoms with Gasteiger partial charge in [0.25, 0.3) is 0 Å². The predicted molar refractivity (Wildman–Crippen MR) is 137 cm³/mol. The molecule has 0 radical (unpaired) electrons. The molecule has 14 nitrogen and oxygen atoms in total. The third kappa shape index (κ3) is 11.2. The third-order valence-corrected chi connectivity index (χ3v) is 5.82. The molecule has 0 unspecified atom stereocenters. The van der Waals surface area contributed by atoms with Crippen molar-refractivity contribution in [2.75, 3.05) is 11.9 Å². The van der Waals surface area contributed by atoms with Gasteiger partial charge >= 0.3 is 23.8 Å². The third-order valence-electron chi connectivity index (χ3n) is 5.82. The Morgan fingerprint density at radius 1 is 0.949 bits per heavy atom. The fraction of sp³-hybridized carbons (Fsp3) is 0.480. The number of anilines is 1. The second-order valence-corrected chi connectivity index (χ2v) is 8.92. The van der Waals surface area contributed by atoms with Gasteiger partial charge in [0.1, 0.15) is 12.1 Å². The van der Waals surface area contributed by atoms with Crippen molar-refractivity contribution < 1.29 is 48.9 Å². The van der Waals surface area contributed by atoms with Crippen molar-refractivity contribution in [2.24, 2.45) is 5.92 Å². The number of carbonyl (C=O) groups excluding carboxylic acids is 4. The normalized spacial score (nSPS) is 12.8. The molecule has 0 aromatic heterocycles. The number of aromatic carboxylic acids is 1. The highest BCUT2D eigenvalue weighted by molar-refractivity contribution is 6.36. The number of hydrogen-bond acceptors (Lipinski definition) is 7. The number of carboxylic acid groups (broad SMARTS) is 3. The predicted octanol–water partition coefficient (Wildman–Crippen LogP) is 0.357. The Labute approximate surface area is 224 Å². The Morgan fingerprint density at radius 3 is 2.15 bits per heavy atom. The van der Waals surface area contributed by atoms with E-state index in [1.807, 2.05) is 12.2 Å². The maximum absolute atomic E-state index is 12.7. The molecule has 0 aliphatic carbocycles. The zero-order valence-electron chi connectivity index (χ0n) is 21.9. The summed E-state index contributed by atoms with van der Waals surface area (Å²) >= 11 is 0. The van der Waals surface area contributed by atoms with Gasteiger partial charge in [0.15, 0.2) is 0 Å². The molecule has 1 rings (SSSR count).